The molecule has 24 heavy (non-hydrogen) atoms. The molecule has 0 radical (unpaired) electrons. The molecule has 2 aromatic carbocycles. The number of nitrogens with one attached hydrogen (secondary N) is 2. The summed E-state index contributed by atoms with van der Waals surface area (Å²) >= 11 is 6.18. The lowest BCUT2D eigenvalue weighted by atomic mass is 9.82. The molecule has 0 saturated heterocycles. The second kappa shape index (κ2) is 7.05. The Morgan fingerprint density at radius 1 is 1.17 bits per heavy atom. The minimum absolute atomic E-state index is 0.0851. The molecule has 2 N–H and O–H groups in total. The van der Waals surface area contributed by atoms with E-state index in [1.54, 1.807) is 25.2 Å². The lowest BCUT2D eigenvalue weighted by Crippen LogP contribution is -2.25. The predicted molar refractivity (Wildman–Crippen MR) is 95.6 cm³/mol. The van der Waals surface area contributed by atoms with Gasteiger partial charge in [-0.15, -0.1) is 0 Å². The molecule has 0 heterocycles. The largest absolute Gasteiger partial charge is 0.355 e. The maximum Gasteiger partial charge on any atom is 0.251 e. The average Bonchev–Trinajstić information content (AvgIpc) is 2.62. The lowest BCUT2D eigenvalue weighted by molar-refractivity contribution is -0.117. The van der Waals surface area contributed by atoms with E-state index >= 15 is 0 Å². The summed E-state index contributed by atoms with van der Waals surface area (Å²) < 4.78 is 0. The lowest BCUT2D eigenvalue weighted by Gasteiger charge is -2.24. The first kappa shape index (κ1) is 16.5. The van der Waals surface area contributed by atoms with Gasteiger partial charge in [0.15, 0.2) is 0 Å². The van der Waals surface area contributed by atoms with Crippen LogP contribution in [-0.2, 0) is 11.2 Å². The van der Waals surface area contributed by atoms with E-state index < -0.39 is 0 Å². The van der Waals surface area contributed by atoms with Crippen LogP contribution >= 0.6 is 11.6 Å². The third kappa shape index (κ3) is 3.29. The fourth-order valence-corrected chi connectivity index (χ4v) is 3.32. The molecule has 0 spiro atoms. The molecule has 0 unspecified atom stereocenters. The van der Waals surface area contributed by atoms with Gasteiger partial charge in [-0.05, 0) is 48.6 Å². The Morgan fingerprint density at radius 2 is 1.96 bits per heavy atom. The van der Waals surface area contributed by atoms with E-state index in [1.165, 1.54) is 5.56 Å². The van der Waals surface area contributed by atoms with Crippen LogP contribution in [0.25, 0.3) is 0 Å². The highest BCUT2D eigenvalue weighted by Crippen LogP contribution is 2.33. The van der Waals surface area contributed by atoms with Gasteiger partial charge in [-0.2, -0.15) is 0 Å². The molecule has 2 amide bonds. The minimum atomic E-state index is -0.217. The number of rotatable bonds is 3. The maximum atomic E-state index is 12.8. The monoisotopic (exact) mass is 342 g/mol. The number of amides is 2. The molecule has 0 bridgehead atoms. The summed E-state index contributed by atoms with van der Waals surface area (Å²) in [6, 6.07) is 12.9. The average molecular weight is 343 g/mol. The Morgan fingerprint density at radius 3 is 2.75 bits per heavy atom. The first-order valence-corrected chi connectivity index (χ1v) is 8.38. The molecule has 0 fully saturated rings. The SMILES string of the molecule is CNC(=O)c1ccc(Cl)c(NC(=O)[C@H]2CCCc3ccccc32)c1. The number of hydrogen-bond donors (Lipinski definition) is 2. The van der Waals surface area contributed by atoms with Gasteiger partial charge in [0.2, 0.25) is 5.91 Å². The van der Waals surface area contributed by atoms with Crippen molar-refractivity contribution in [3.8, 4) is 0 Å². The van der Waals surface area contributed by atoms with Crippen LogP contribution in [0.2, 0.25) is 5.02 Å². The number of hydrogen-bond acceptors (Lipinski definition) is 2. The topological polar surface area (TPSA) is 58.2 Å². The van der Waals surface area contributed by atoms with E-state index in [2.05, 4.69) is 16.7 Å². The van der Waals surface area contributed by atoms with Gasteiger partial charge in [0.25, 0.3) is 5.91 Å². The van der Waals surface area contributed by atoms with Crippen molar-refractivity contribution in [2.24, 2.45) is 0 Å². The Hall–Kier alpha value is -2.33. The molecular formula is C19H19ClN2O2. The zero-order chi connectivity index (χ0) is 17.1. The summed E-state index contributed by atoms with van der Waals surface area (Å²) in [7, 11) is 1.56. The number of fused-ring (bicyclic) bond motifs is 1. The smallest absolute Gasteiger partial charge is 0.251 e. The zero-order valence-corrected chi connectivity index (χ0v) is 14.2. The first-order valence-electron chi connectivity index (χ1n) is 8.00. The second-order valence-corrected chi connectivity index (χ2v) is 6.31. The Bertz CT molecular complexity index is 789. The van der Waals surface area contributed by atoms with E-state index in [-0.39, 0.29) is 17.7 Å². The molecule has 1 aliphatic rings. The van der Waals surface area contributed by atoms with Crippen LogP contribution in [0.15, 0.2) is 42.5 Å². The summed E-state index contributed by atoms with van der Waals surface area (Å²) in [5.74, 6) is -0.488. The molecule has 1 aliphatic carbocycles. The van der Waals surface area contributed by atoms with Crippen LogP contribution in [0.5, 0.6) is 0 Å². The Balaban J connectivity index is 1.85. The van der Waals surface area contributed by atoms with Crippen molar-refractivity contribution in [1.82, 2.24) is 5.32 Å². The van der Waals surface area contributed by atoms with Crippen LogP contribution in [0.4, 0.5) is 5.69 Å². The van der Waals surface area contributed by atoms with Gasteiger partial charge in [0.1, 0.15) is 0 Å². The number of anilines is 1. The van der Waals surface area contributed by atoms with Crippen molar-refractivity contribution in [3.05, 3.63) is 64.2 Å². The number of benzene rings is 2. The van der Waals surface area contributed by atoms with E-state index in [1.807, 2.05) is 18.2 Å². The molecule has 124 valence electrons. The Labute approximate surface area is 146 Å². The summed E-state index contributed by atoms with van der Waals surface area (Å²) in [4.78, 5) is 24.5. The van der Waals surface area contributed by atoms with Gasteiger partial charge >= 0.3 is 0 Å². The standard InChI is InChI=1S/C19H19ClN2O2/c1-21-18(23)13-9-10-16(20)17(11-13)22-19(24)15-8-4-6-12-5-2-3-7-14(12)15/h2-3,5,7,9-11,15H,4,6,8H2,1H3,(H,21,23)(H,22,24)/t15-/m0/s1. The van der Waals surface area contributed by atoms with Gasteiger partial charge < -0.3 is 10.6 Å². The quantitative estimate of drug-likeness (QED) is 0.892. The van der Waals surface area contributed by atoms with E-state index in [0.717, 1.165) is 24.8 Å². The fourth-order valence-electron chi connectivity index (χ4n) is 3.15. The van der Waals surface area contributed by atoms with Gasteiger partial charge in [0.05, 0.1) is 16.6 Å². The highest BCUT2D eigenvalue weighted by Gasteiger charge is 2.26. The number of aryl methyl sites for hydroxylation is 1. The number of carbonyl (C=O) groups is 2. The molecule has 2 aromatic rings. The number of carbonyl (C=O) groups excluding carboxylic acids is 2. The molecule has 0 aromatic heterocycles. The summed E-state index contributed by atoms with van der Waals surface area (Å²) in [5.41, 5.74) is 3.24. The maximum absolute atomic E-state index is 12.8. The highest BCUT2D eigenvalue weighted by atomic mass is 35.5. The van der Waals surface area contributed by atoms with Gasteiger partial charge in [-0.1, -0.05) is 35.9 Å². The van der Waals surface area contributed by atoms with Gasteiger partial charge in [-0.3, -0.25) is 9.59 Å². The van der Waals surface area contributed by atoms with E-state index in [0.29, 0.717) is 16.3 Å². The fraction of sp³-hybridized carbons (Fsp3) is 0.263. The van der Waals surface area contributed by atoms with Gasteiger partial charge in [-0.25, -0.2) is 0 Å². The molecule has 0 saturated carbocycles. The molecule has 3 rings (SSSR count). The number of halogens is 1. The first-order chi connectivity index (χ1) is 11.6. The normalized spacial score (nSPS) is 16.2. The van der Waals surface area contributed by atoms with Crippen molar-refractivity contribution in [2.75, 3.05) is 12.4 Å². The van der Waals surface area contributed by atoms with Crippen LogP contribution in [0, 0.1) is 0 Å². The summed E-state index contributed by atoms with van der Waals surface area (Å²) in [6.07, 6.45) is 2.81. The predicted octanol–water partition coefficient (Wildman–Crippen LogP) is 3.76. The van der Waals surface area contributed by atoms with Gasteiger partial charge in [0, 0.05) is 12.6 Å². The van der Waals surface area contributed by atoms with Crippen LogP contribution < -0.4 is 10.6 Å². The van der Waals surface area contributed by atoms with Crippen LogP contribution in [0.1, 0.15) is 40.2 Å². The molecule has 5 heteroatoms. The van der Waals surface area contributed by atoms with Crippen molar-refractivity contribution in [3.63, 3.8) is 0 Å². The summed E-state index contributed by atoms with van der Waals surface area (Å²) in [5, 5.41) is 5.87. The van der Waals surface area contributed by atoms with E-state index in [9.17, 15) is 9.59 Å². The third-order valence-electron chi connectivity index (χ3n) is 4.40. The Kier molecular flexibility index (Phi) is 4.86. The van der Waals surface area contributed by atoms with Crippen LogP contribution in [0.3, 0.4) is 0 Å². The second-order valence-electron chi connectivity index (χ2n) is 5.91. The van der Waals surface area contributed by atoms with Crippen molar-refractivity contribution < 1.29 is 9.59 Å². The van der Waals surface area contributed by atoms with Crippen molar-refractivity contribution >= 4 is 29.1 Å². The molecule has 1 atom stereocenters. The van der Waals surface area contributed by atoms with Crippen molar-refractivity contribution in [2.45, 2.75) is 25.2 Å². The minimum Gasteiger partial charge on any atom is -0.355 e. The van der Waals surface area contributed by atoms with Crippen molar-refractivity contribution in [1.29, 1.82) is 0 Å². The van der Waals surface area contributed by atoms with E-state index in [4.69, 9.17) is 11.6 Å². The highest BCUT2D eigenvalue weighted by molar-refractivity contribution is 6.34. The summed E-state index contributed by atoms with van der Waals surface area (Å²) in [6.45, 7) is 0. The zero-order valence-electron chi connectivity index (χ0n) is 13.4. The molecule has 0 aliphatic heterocycles. The molecular weight excluding hydrogens is 324 g/mol. The van der Waals surface area contributed by atoms with Crippen LogP contribution in [-0.4, -0.2) is 18.9 Å². The third-order valence-corrected chi connectivity index (χ3v) is 4.73. The molecule has 4 nitrogen and oxygen atoms in total.